The van der Waals surface area contributed by atoms with Gasteiger partial charge in [0.1, 0.15) is 5.60 Å². The predicted molar refractivity (Wildman–Crippen MR) is 113 cm³/mol. The van der Waals surface area contributed by atoms with Gasteiger partial charge in [0.2, 0.25) is 0 Å². The van der Waals surface area contributed by atoms with Crippen LogP contribution in [0.15, 0.2) is 23.8 Å². The molecule has 2 aliphatic carbocycles. The van der Waals surface area contributed by atoms with Crippen LogP contribution in [0.5, 0.6) is 0 Å². The molecule has 3 saturated heterocycles. The van der Waals surface area contributed by atoms with Crippen LogP contribution in [-0.2, 0) is 122 Å². The average Bonchev–Trinajstić information content (AvgIpc) is 3.42. The maximum atomic E-state index is 11.1. The zero-order chi connectivity index (χ0) is 21.2. The molecule has 33 heavy (non-hydrogen) atoms. The number of allylic oxidation sites excluding steroid dienone is 1. The zero-order valence-electron chi connectivity index (χ0n) is 20.5. The van der Waals surface area contributed by atoms with Crippen molar-refractivity contribution in [3.05, 3.63) is 34.4 Å². The summed E-state index contributed by atoms with van der Waals surface area (Å²) < 4.78 is 5.49. The quantitative estimate of drug-likeness (QED) is 0.213. The van der Waals surface area contributed by atoms with Crippen LogP contribution in [-0.4, -0.2) is 35.1 Å². The van der Waals surface area contributed by atoms with Crippen LogP contribution in [0.4, 0.5) is 0 Å². The molecule has 3 unspecified atom stereocenters. The Kier molecular flexibility index (Phi) is 13.4. The van der Waals surface area contributed by atoms with Crippen LogP contribution in [0.3, 0.4) is 0 Å². The van der Waals surface area contributed by atoms with Gasteiger partial charge in [-0.2, -0.15) is 0 Å². The summed E-state index contributed by atoms with van der Waals surface area (Å²) in [5.74, 6) is 2.51. The van der Waals surface area contributed by atoms with Gasteiger partial charge in [0, 0.05) is 108 Å². The third-order valence-corrected chi connectivity index (χ3v) is 8.76. The topological polar surface area (TPSA) is 74.9 Å². The molecule has 178 valence electrons. The molecule has 5 aliphatic rings. The molecule has 0 bridgehead atoms. The summed E-state index contributed by atoms with van der Waals surface area (Å²) in [6.45, 7) is 14.1. The van der Waals surface area contributed by atoms with Gasteiger partial charge in [-0.3, -0.25) is 0 Å². The van der Waals surface area contributed by atoms with E-state index in [0.29, 0.717) is 42.4 Å². The first-order valence-electron chi connectivity index (χ1n) is 11.2. The zero-order valence-corrected chi connectivity index (χ0v) is 32.1. The third-order valence-electron chi connectivity index (χ3n) is 8.76. The van der Waals surface area contributed by atoms with Gasteiger partial charge < -0.3 is 25.0 Å². The Morgan fingerprint density at radius 2 is 1.42 bits per heavy atom. The molecule has 8 atom stereocenters. The minimum absolute atomic E-state index is 0. The molecule has 9 heteroatoms. The Morgan fingerprint density at radius 1 is 0.909 bits per heavy atom. The number of β-lactam (4-membered cyclic amide) rings is 2. The van der Waals surface area contributed by atoms with Gasteiger partial charge in [0.05, 0.1) is 18.4 Å². The first-order valence-corrected chi connectivity index (χ1v) is 11.2. The Morgan fingerprint density at radius 3 is 1.85 bits per heavy atom. The summed E-state index contributed by atoms with van der Waals surface area (Å²) in [7, 11) is 0. The van der Waals surface area contributed by atoms with Crippen molar-refractivity contribution in [2.45, 2.75) is 77.5 Å². The monoisotopic (exact) mass is 944 g/mol. The van der Waals surface area contributed by atoms with E-state index in [1.54, 1.807) is 0 Å². The Hall–Kier alpha value is 1.96. The maximum absolute atomic E-state index is 11.1. The number of rotatable bonds is 1. The number of hydrogen-bond donors (Lipinski definition) is 0. The van der Waals surface area contributed by atoms with E-state index in [4.69, 9.17) is 4.74 Å². The molecular weight excluding hydrogens is 910 g/mol. The summed E-state index contributed by atoms with van der Waals surface area (Å²) in [4.78, 5) is 22.1. The minimum Gasteiger partial charge on any atom is -0.647 e. The summed E-state index contributed by atoms with van der Waals surface area (Å²) in [5, 5.41) is 8.47. The van der Waals surface area contributed by atoms with Gasteiger partial charge in [-0.05, 0) is 48.9 Å². The van der Waals surface area contributed by atoms with Crippen molar-refractivity contribution in [3.63, 3.8) is 0 Å². The van der Waals surface area contributed by atoms with Gasteiger partial charge in [0.15, 0.2) is 0 Å². The second kappa shape index (κ2) is 12.7. The van der Waals surface area contributed by atoms with Gasteiger partial charge in [-0.1, -0.05) is 76.4 Å². The summed E-state index contributed by atoms with van der Waals surface area (Å²) in [6, 6.07) is 0. The van der Waals surface area contributed by atoms with E-state index in [1.165, 1.54) is 5.57 Å². The molecule has 3 spiro atoms. The molecule has 0 aromatic heterocycles. The van der Waals surface area contributed by atoms with Crippen LogP contribution in [0.25, 0.3) is 10.6 Å². The van der Waals surface area contributed by atoms with E-state index < -0.39 is 0 Å². The van der Waals surface area contributed by atoms with Crippen molar-refractivity contribution in [3.8, 4) is 0 Å². The number of carbonyl (C=O) groups excluding carboxylic acids is 2. The van der Waals surface area contributed by atoms with Gasteiger partial charge in [0.25, 0.3) is 0 Å². The number of amides is 2. The third kappa shape index (κ3) is 6.01. The SMILES string of the molecule is CCC1=CC(C)C2(CC(=O)[N-]2)[C@H](C)[C@@H]1C.C[C@@H]1[C@H](C)[C@]2(C=CC13CC(=O)[N-]3)CO2.[W].[W].[Y].[Y]. The molecule has 0 aromatic rings. The normalized spacial score (nSPS) is 43.5. The minimum atomic E-state index is -0.187. The first-order chi connectivity index (χ1) is 13.6. The molecule has 0 N–H and O–H groups in total. The standard InChI is InChI=1S/C13H21NO.C11H15NO2.2W.2Y/c1-5-11-6-8(2)13(7-12(15)14-13)10(4)9(11)3;1-7-8(2)11(6-14-11)4-3-10(7)5-9(13)12-10;;;;/h6,8-10H,5,7H2,1-4H3,(H,14,15);3-4,7-8H,5-6H2,1-2H3,(H,12,13);;;;/p-2/t8?,9-,10+,13?;7-,8+,10?,11+;;;;/m01..../s1. The predicted octanol–water partition coefficient (Wildman–Crippen LogP) is 4.92. The molecular formula is C24H34N2O3W2Y2-2. The van der Waals surface area contributed by atoms with Crippen LogP contribution in [0, 0.1) is 29.6 Å². The van der Waals surface area contributed by atoms with Crippen molar-refractivity contribution in [1.29, 1.82) is 0 Å². The molecule has 3 fully saturated rings. The van der Waals surface area contributed by atoms with E-state index in [1.807, 2.05) is 0 Å². The molecule has 3 heterocycles. The molecule has 0 aromatic carbocycles. The largest absolute Gasteiger partial charge is 0.647 e. The smallest absolute Gasteiger partial charge is 0.112 e. The fourth-order valence-corrected chi connectivity index (χ4v) is 5.92. The molecule has 5 rings (SSSR count). The molecule has 3 aliphatic heterocycles. The maximum Gasteiger partial charge on any atom is 0.112 e. The van der Waals surface area contributed by atoms with Gasteiger partial charge >= 0.3 is 0 Å². The average molecular weight is 944 g/mol. The Labute approximate surface area is 278 Å². The van der Waals surface area contributed by atoms with E-state index in [2.05, 4.69) is 70.4 Å². The van der Waals surface area contributed by atoms with Gasteiger partial charge in [-0.25, -0.2) is 0 Å². The second-order valence-electron chi connectivity index (χ2n) is 9.96. The van der Waals surface area contributed by atoms with E-state index in [0.717, 1.165) is 13.0 Å². The van der Waals surface area contributed by atoms with Crippen LogP contribution >= 0.6 is 0 Å². The van der Waals surface area contributed by atoms with E-state index in [-0.39, 0.29) is 136 Å². The van der Waals surface area contributed by atoms with Crippen LogP contribution in [0.1, 0.15) is 60.8 Å². The second-order valence-corrected chi connectivity index (χ2v) is 9.96. The number of nitrogens with zero attached hydrogens (tertiary/aromatic N) is 2. The fourth-order valence-electron chi connectivity index (χ4n) is 5.92. The molecule has 2 amide bonds. The molecule has 0 saturated carbocycles. The van der Waals surface area contributed by atoms with Gasteiger partial charge in [-0.15, -0.1) is 0 Å². The Balaban J connectivity index is 0.000000554. The van der Waals surface area contributed by atoms with E-state index in [9.17, 15) is 9.59 Å². The van der Waals surface area contributed by atoms with Crippen LogP contribution in [0.2, 0.25) is 0 Å². The number of ether oxygens (including phenoxy) is 1. The fraction of sp³-hybridized carbons (Fsp3) is 0.750. The first kappa shape index (κ1) is 35.0. The Bertz CT molecular complexity index is 785. The van der Waals surface area contributed by atoms with Crippen molar-refractivity contribution in [1.82, 2.24) is 0 Å². The van der Waals surface area contributed by atoms with Crippen LogP contribution < -0.4 is 0 Å². The van der Waals surface area contributed by atoms with E-state index >= 15 is 0 Å². The van der Waals surface area contributed by atoms with Crippen molar-refractivity contribution in [2.75, 3.05) is 6.61 Å². The van der Waals surface area contributed by atoms with Crippen molar-refractivity contribution < 1.29 is 122 Å². The summed E-state index contributed by atoms with van der Waals surface area (Å²) >= 11 is 0. The number of hydrogen-bond acceptors (Lipinski definition) is 3. The molecule has 5 nitrogen and oxygen atoms in total. The van der Waals surface area contributed by atoms with Crippen molar-refractivity contribution in [2.24, 2.45) is 29.6 Å². The number of carbonyl (C=O) groups is 2. The molecule has 2 radical (unpaired) electrons. The number of epoxide rings is 1. The summed E-state index contributed by atoms with van der Waals surface area (Å²) in [5.41, 5.74) is 1.27. The summed E-state index contributed by atoms with van der Waals surface area (Å²) in [6.07, 6.45) is 8.93. The van der Waals surface area contributed by atoms with Crippen molar-refractivity contribution >= 4 is 11.8 Å².